The Kier molecular flexibility index (Phi) is 4.50. The van der Waals surface area contributed by atoms with Gasteiger partial charge in [0.2, 0.25) is 11.8 Å². The van der Waals surface area contributed by atoms with Gasteiger partial charge in [0, 0.05) is 11.6 Å². The summed E-state index contributed by atoms with van der Waals surface area (Å²) in [5, 5.41) is 10.7. The molecule has 0 spiro atoms. The lowest BCUT2D eigenvalue weighted by Crippen LogP contribution is -2.34. The Morgan fingerprint density at radius 2 is 1.93 bits per heavy atom. The van der Waals surface area contributed by atoms with Gasteiger partial charge in [-0.15, -0.1) is 0 Å². The summed E-state index contributed by atoms with van der Waals surface area (Å²) in [5.74, 6) is 2.54. The van der Waals surface area contributed by atoms with Crippen LogP contribution in [0.25, 0.3) is 11.3 Å². The number of rotatable bonds is 7. The maximum absolute atomic E-state index is 12.7. The molecule has 0 bridgehead atoms. The minimum Gasteiger partial charge on any atom is -0.493 e. The van der Waals surface area contributed by atoms with Gasteiger partial charge in [-0.3, -0.25) is 4.79 Å². The highest BCUT2D eigenvalue weighted by Crippen LogP contribution is 2.48. The van der Waals surface area contributed by atoms with E-state index in [2.05, 4.69) is 20.6 Å². The zero-order chi connectivity index (χ0) is 19.7. The molecule has 0 atom stereocenters. The molecule has 1 amide bonds. The largest absolute Gasteiger partial charge is 0.493 e. The van der Waals surface area contributed by atoms with Crippen LogP contribution in [-0.4, -0.2) is 35.4 Å². The molecular formula is C19H20N4O5. The van der Waals surface area contributed by atoms with Crippen molar-refractivity contribution in [3.05, 3.63) is 41.7 Å². The number of carbonyl (C=O) groups is 1. The molecule has 9 heteroatoms. The average molecular weight is 384 g/mol. The highest BCUT2D eigenvalue weighted by atomic mass is 16.5. The van der Waals surface area contributed by atoms with Gasteiger partial charge >= 0.3 is 0 Å². The van der Waals surface area contributed by atoms with Crippen molar-refractivity contribution in [3.63, 3.8) is 0 Å². The molecule has 146 valence electrons. The van der Waals surface area contributed by atoms with Crippen molar-refractivity contribution in [2.45, 2.75) is 31.7 Å². The normalized spacial score (nSPS) is 14.5. The number of nitrogens with zero attached hydrogens (tertiary/aromatic N) is 3. The van der Waals surface area contributed by atoms with Gasteiger partial charge in [-0.25, -0.2) is 0 Å². The molecule has 0 aliphatic heterocycles. The number of nitrogens with one attached hydrogen (secondary N) is 1. The molecule has 1 aliphatic rings. The Labute approximate surface area is 161 Å². The molecule has 1 aliphatic carbocycles. The van der Waals surface area contributed by atoms with Gasteiger partial charge in [-0.2, -0.15) is 4.98 Å². The van der Waals surface area contributed by atoms with E-state index in [1.165, 1.54) is 0 Å². The molecule has 2 aromatic heterocycles. The predicted octanol–water partition coefficient (Wildman–Crippen LogP) is 2.40. The third-order valence-corrected chi connectivity index (χ3v) is 4.82. The van der Waals surface area contributed by atoms with Crippen LogP contribution in [0.4, 0.5) is 0 Å². The lowest BCUT2D eigenvalue weighted by Gasteiger charge is -2.10. The third-order valence-electron chi connectivity index (χ3n) is 4.82. The molecule has 3 aromatic rings. The highest BCUT2D eigenvalue weighted by Gasteiger charge is 2.53. The standard InChI is InChI=1S/C19H20N4O5/c1-11-21-17(28-22-11)10-20-18(24)19(6-7-19)16-9-14(27-23-16)12-4-5-13(25-2)15(8-12)26-3/h4-5,8-9H,6-7,10H2,1-3H3,(H,20,24). The summed E-state index contributed by atoms with van der Waals surface area (Å²) in [6.07, 6.45) is 1.42. The number of carbonyl (C=O) groups excluding carboxylic acids is 1. The summed E-state index contributed by atoms with van der Waals surface area (Å²) in [6, 6.07) is 7.25. The van der Waals surface area contributed by atoms with E-state index in [1.807, 2.05) is 6.07 Å². The van der Waals surface area contributed by atoms with E-state index in [0.29, 0.717) is 47.5 Å². The van der Waals surface area contributed by atoms with E-state index in [-0.39, 0.29) is 12.5 Å². The number of aromatic nitrogens is 3. The SMILES string of the molecule is COc1ccc(-c2cc(C3(C(=O)NCc4nc(C)no4)CC3)no2)cc1OC. The van der Waals surface area contributed by atoms with Gasteiger partial charge in [0.1, 0.15) is 0 Å². The Morgan fingerprint density at radius 1 is 1.14 bits per heavy atom. The molecule has 1 aromatic carbocycles. The molecule has 9 nitrogen and oxygen atoms in total. The quantitative estimate of drug-likeness (QED) is 0.661. The van der Waals surface area contributed by atoms with Crippen LogP contribution in [0.2, 0.25) is 0 Å². The van der Waals surface area contributed by atoms with Crippen molar-refractivity contribution < 1.29 is 23.3 Å². The van der Waals surface area contributed by atoms with Gasteiger partial charge in [0.05, 0.1) is 31.9 Å². The summed E-state index contributed by atoms with van der Waals surface area (Å²) in [6.45, 7) is 1.91. The molecule has 1 fully saturated rings. The molecule has 2 heterocycles. The number of aryl methyl sites for hydroxylation is 1. The van der Waals surface area contributed by atoms with Crippen molar-refractivity contribution in [2.75, 3.05) is 14.2 Å². The number of methoxy groups -OCH3 is 2. The van der Waals surface area contributed by atoms with E-state index >= 15 is 0 Å². The van der Waals surface area contributed by atoms with E-state index in [4.69, 9.17) is 18.5 Å². The first kappa shape index (κ1) is 18.0. The van der Waals surface area contributed by atoms with Crippen LogP contribution in [0.15, 0.2) is 33.3 Å². The Balaban J connectivity index is 1.51. The smallest absolute Gasteiger partial charge is 0.246 e. The maximum Gasteiger partial charge on any atom is 0.246 e. The van der Waals surface area contributed by atoms with Crippen molar-refractivity contribution in [2.24, 2.45) is 0 Å². The number of benzene rings is 1. The van der Waals surface area contributed by atoms with Crippen molar-refractivity contribution in [1.29, 1.82) is 0 Å². The van der Waals surface area contributed by atoms with Crippen LogP contribution in [0, 0.1) is 6.92 Å². The second-order valence-corrected chi connectivity index (χ2v) is 6.65. The zero-order valence-corrected chi connectivity index (χ0v) is 15.8. The molecule has 1 saturated carbocycles. The number of ether oxygens (including phenoxy) is 2. The topological polar surface area (TPSA) is 113 Å². The van der Waals surface area contributed by atoms with Gasteiger partial charge in [0.25, 0.3) is 0 Å². The Hall–Kier alpha value is -3.36. The van der Waals surface area contributed by atoms with Gasteiger partial charge in [-0.1, -0.05) is 10.3 Å². The van der Waals surface area contributed by atoms with Crippen LogP contribution in [0.3, 0.4) is 0 Å². The van der Waals surface area contributed by atoms with E-state index in [0.717, 1.165) is 5.56 Å². The van der Waals surface area contributed by atoms with Crippen molar-refractivity contribution in [3.8, 4) is 22.8 Å². The fourth-order valence-corrected chi connectivity index (χ4v) is 3.09. The molecule has 1 N–H and O–H groups in total. The minimum absolute atomic E-state index is 0.129. The fraction of sp³-hybridized carbons (Fsp3) is 0.368. The van der Waals surface area contributed by atoms with Gasteiger partial charge in [0.15, 0.2) is 23.1 Å². The third kappa shape index (κ3) is 3.19. The summed E-state index contributed by atoms with van der Waals surface area (Å²) in [4.78, 5) is 16.8. The predicted molar refractivity (Wildman–Crippen MR) is 96.8 cm³/mol. The van der Waals surface area contributed by atoms with E-state index < -0.39 is 5.41 Å². The van der Waals surface area contributed by atoms with Gasteiger partial charge in [-0.05, 0) is 38.0 Å². The molecule has 28 heavy (non-hydrogen) atoms. The van der Waals surface area contributed by atoms with Crippen LogP contribution in [0.5, 0.6) is 11.5 Å². The van der Waals surface area contributed by atoms with Crippen LogP contribution in [-0.2, 0) is 16.8 Å². The van der Waals surface area contributed by atoms with Crippen LogP contribution >= 0.6 is 0 Å². The summed E-state index contributed by atoms with van der Waals surface area (Å²) >= 11 is 0. The lowest BCUT2D eigenvalue weighted by atomic mass is 10.0. The second kappa shape index (κ2) is 6.99. The Bertz CT molecular complexity index is 1010. The molecular weight excluding hydrogens is 364 g/mol. The monoisotopic (exact) mass is 384 g/mol. The van der Waals surface area contributed by atoms with E-state index in [9.17, 15) is 4.79 Å². The molecule has 4 rings (SSSR count). The van der Waals surface area contributed by atoms with Crippen molar-refractivity contribution >= 4 is 5.91 Å². The number of hydrogen-bond acceptors (Lipinski definition) is 8. The first-order valence-corrected chi connectivity index (χ1v) is 8.83. The molecule has 0 radical (unpaired) electrons. The second-order valence-electron chi connectivity index (χ2n) is 6.65. The first-order valence-electron chi connectivity index (χ1n) is 8.83. The van der Waals surface area contributed by atoms with Crippen molar-refractivity contribution in [1.82, 2.24) is 20.6 Å². The Morgan fingerprint density at radius 3 is 2.57 bits per heavy atom. The minimum atomic E-state index is -0.673. The highest BCUT2D eigenvalue weighted by molar-refractivity contribution is 5.90. The summed E-state index contributed by atoms with van der Waals surface area (Å²) in [5.41, 5.74) is 0.721. The summed E-state index contributed by atoms with van der Waals surface area (Å²) in [7, 11) is 3.15. The molecule has 0 saturated heterocycles. The van der Waals surface area contributed by atoms with Crippen LogP contribution in [0.1, 0.15) is 30.3 Å². The number of hydrogen-bond donors (Lipinski definition) is 1. The zero-order valence-electron chi connectivity index (χ0n) is 15.8. The van der Waals surface area contributed by atoms with E-state index in [1.54, 1.807) is 39.3 Å². The first-order chi connectivity index (χ1) is 13.6. The maximum atomic E-state index is 12.7. The average Bonchev–Trinajstić information content (AvgIpc) is 3.18. The lowest BCUT2D eigenvalue weighted by molar-refractivity contribution is -0.124. The summed E-state index contributed by atoms with van der Waals surface area (Å²) < 4.78 is 21.1. The van der Waals surface area contributed by atoms with Crippen LogP contribution < -0.4 is 14.8 Å². The van der Waals surface area contributed by atoms with Gasteiger partial charge < -0.3 is 23.8 Å². The number of amides is 1. The fourth-order valence-electron chi connectivity index (χ4n) is 3.09. The molecule has 0 unspecified atom stereocenters.